The number of hydrogen-bond acceptors (Lipinski definition) is 2. The summed E-state index contributed by atoms with van der Waals surface area (Å²) in [5, 5.41) is 2.66. The van der Waals surface area contributed by atoms with E-state index in [1.54, 1.807) is 18.2 Å². The van der Waals surface area contributed by atoms with Gasteiger partial charge in [-0.1, -0.05) is 13.8 Å². The van der Waals surface area contributed by atoms with Crippen LogP contribution in [0.2, 0.25) is 0 Å². The van der Waals surface area contributed by atoms with Crippen LogP contribution >= 0.6 is 11.6 Å². The van der Waals surface area contributed by atoms with E-state index in [0.29, 0.717) is 11.3 Å². The predicted molar refractivity (Wildman–Crippen MR) is 74.3 cm³/mol. The lowest BCUT2D eigenvalue weighted by atomic mass is 9.94. The van der Waals surface area contributed by atoms with Gasteiger partial charge in [-0.15, -0.1) is 11.6 Å². The summed E-state index contributed by atoms with van der Waals surface area (Å²) in [7, 11) is 0. The van der Waals surface area contributed by atoms with Crippen molar-refractivity contribution in [2.45, 2.75) is 27.2 Å². The van der Waals surface area contributed by atoms with Gasteiger partial charge >= 0.3 is 0 Å². The first-order chi connectivity index (χ1) is 8.49. The molecule has 0 aliphatic rings. The molecule has 0 radical (unpaired) electrons. The Hall–Kier alpha value is -1.35. The molecule has 0 aliphatic carbocycles. The smallest absolute Gasteiger partial charge is 0.239 e. The highest BCUT2D eigenvalue weighted by atomic mass is 35.5. The Morgan fingerprint density at radius 1 is 1.39 bits per heavy atom. The number of ketones is 1. The van der Waals surface area contributed by atoms with E-state index in [0.717, 1.165) is 12.0 Å². The minimum atomic E-state index is -0.253. The molecule has 0 heterocycles. The molecule has 4 heteroatoms. The molecule has 0 aromatic heterocycles. The molecule has 0 fully saturated rings. The molecule has 98 valence electrons. The fourth-order valence-electron chi connectivity index (χ4n) is 1.66. The first-order valence-corrected chi connectivity index (χ1v) is 6.53. The molecule has 0 aliphatic heterocycles. The molecule has 0 saturated heterocycles. The van der Waals surface area contributed by atoms with Crippen molar-refractivity contribution in [3.05, 3.63) is 29.3 Å². The summed E-state index contributed by atoms with van der Waals surface area (Å²) in [6.07, 6.45) is 0.822. The summed E-state index contributed by atoms with van der Waals surface area (Å²) in [4.78, 5) is 23.2. The molecule has 0 spiro atoms. The molecule has 0 bridgehead atoms. The third-order valence-electron chi connectivity index (χ3n) is 2.96. The van der Waals surface area contributed by atoms with Crippen molar-refractivity contribution in [1.82, 2.24) is 0 Å². The van der Waals surface area contributed by atoms with Crippen molar-refractivity contribution in [2.75, 3.05) is 11.2 Å². The lowest BCUT2D eigenvalue weighted by Gasteiger charge is -2.11. The number of aryl methyl sites for hydroxylation is 1. The molecule has 3 nitrogen and oxygen atoms in total. The fourth-order valence-corrected chi connectivity index (χ4v) is 1.73. The standard InChI is InChI=1S/C14H18ClNO2/c1-4-9(2)14(18)12-6-5-11(7-10(12)3)16-13(17)8-15/h5-7,9H,4,8H2,1-3H3,(H,16,17). The van der Waals surface area contributed by atoms with Gasteiger partial charge in [0.25, 0.3) is 0 Å². The Morgan fingerprint density at radius 3 is 2.56 bits per heavy atom. The largest absolute Gasteiger partial charge is 0.325 e. The number of Topliss-reactive ketones (excluding diaryl/α,β-unsaturated/α-hetero) is 1. The van der Waals surface area contributed by atoms with Crippen molar-refractivity contribution < 1.29 is 9.59 Å². The minimum Gasteiger partial charge on any atom is -0.325 e. The lowest BCUT2D eigenvalue weighted by molar-refractivity contribution is -0.113. The number of anilines is 1. The van der Waals surface area contributed by atoms with Gasteiger partial charge in [-0.3, -0.25) is 9.59 Å². The number of carbonyl (C=O) groups is 2. The van der Waals surface area contributed by atoms with E-state index in [4.69, 9.17) is 11.6 Å². The predicted octanol–water partition coefficient (Wildman–Crippen LogP) is 3.40. The molecule has 1 amide bonds. The van der Waals surface area contributed by atoms with E-state index in [9.17, 15) is 9.59 Å². The van der Waals surface area contributed by atoms with E-state index < -0.39 is 0 Å². The number of amides is 1. The summed E-state index contributed by atoms with van der Waals surface area (Å²) >= 11 is 5.42. The number of rotatable bonds is 5. The van der Waals surface area contributed by atoms with Crippen LogP contribution in [-0.4, -0.2) is 17.6 Å². The third-order valence-corrected chi connectivity index (χ3v) is 3.20. The van der Waals surface area contributed by atoms with Crippen LogP contribution in [0.3, 0.4) is 0 Å². The number of hydrogen-bond donors (Lipinski definition) is 1. The van der Waals surface area contributed by atoms with Crippen LogP contribution in [0.4, 0.5) is 5.69 Å². The second kappa shape index (κ2) is 6.55. The van der Waals surface area contributed by atoms with Gasteiger partial charge in [0.1, 0.15) is 5.88 Å². The summed E-state index contributed by atoms with van der Waals surface area (Å²) < 4.78 is 0. The maximum atomic E-state index is 12.1. The quantitative estimate of drug-likeness (QED) is 0.656. The van der Waals surface area contributed by atoms with Crippen LogP contribution in [0.25, 0.3) is 0 Å². The highest BCUT2D eigenvalue weighted by Crippen LogP contribution is 2.19. The molecular weight excluding hydrogens is 250 g/mol. The van der Waals surface area contributed by atoms with E-state index >= 15 is 0 Å². The van der Waals surface area contributed by atoms with Gasteiger partial charge in [-0.25, -0.2) is 0 Å². The molecule has 1 aromatic rings. The Morgan fingerprint density at radius 2 is 2.06 bits per heavy atom. The summed E-state index contributed by atoms with van der Waals surface area (Å²) in [5.74, 6) is -0.165. The summed E-state index contributed by atoms with van der Waals surface area (Å²) in [6, 6.07) is 5.28. The van der Waals surface area contributed by atoms with Gasteiger partial charge in [-0.2, -0.15) is 0 Å². The average Bonchev–Trinajstić information content (AvgIpc) is 2.37. The van der Waals surface area contributed by atoms with Crippen LogP contribution in [0.5, 0.6) is 0 Å². The van der Waals surface area contributed by atoms with Crippen LogP contribution in [0.15, 0.2) is 18.2 Å². The normalized spacial score (nSPS) is 12.0. The van der Waals surface area contributed by atoms with Crippen LogP contribution in [0.1, 0.15) is 36.2 Å². The Bertz CT molecular complexity index is 457. The molecule has 0 saturated carbocycles. The molecule has 1 rings (SSSR count). The highest BCUT2D eigenvalue weighted by molar-refractivity contribution is 6.29. The van der Waals surface area contributed by atoms with Gasteiger partial charge in [0.2, 0.25) is 5.91 Å². The van der Waals surface area contributed by atoms with E-state index in [1.807, 2.05) is 20.8 Å². The monoisotopic (exact) mass is 267 g/mol. The number of nitrogens with one attached hydrogen (secondary N) is 1. The Kier molecular flexibility index (Phi) is 5.35. The van der Waals surface area contributed by atoms with Gasteiger partial charge < -0.3 is 5.32 Å². The van der Waals surface area contributed by atoms with Crippen LogP contribution in [0, 0.1) is 12.8 Å². The van der Waals surface area contributed by atoms with Gasteiger partial charge in [0, 0.05) is 17.2 Å². The summed E-state index contributed by atoms with van der Waals surface area (Å²) in [6.45, 7) is 5.78. The maximum absolute atomic E-state index is 12.1. The van der Waals surface area contributed by atoms with E-state index in [-0.39, 0.29) is 23.5 Å². The topological polar surface area (TPSA) is 46.2 Å². The third kappa shape index (κ3) is 3.57. The first-order valence-electron chi connectivity index (χ1n) is 6.00. The van der Waals surface area contributed by atoms with Gasteiger partial charge in [0.15, 0.2) is 5.78 Å². The highest BCUT2D eigenvalue weighted by Gasteiger charge is 2.15. The zero-order valence-corrected chi connectivity index (χ0v) is 11.7. The molecule has 18 heavy (non-hydrogen) atoms. The van der Waals surface area contributed by atoms with Crippen LogP contribution in [-0.2, 0) is 4.79 Å². The molecule has 1 unspecified atom stereocenters. The van der Waals surface area contributed by atoms with Crippen molar-refractivity contribution >= 4 is 29.0 Å². The SMILES string of the molecule is CCC(C)C(=O)c1ccc(NC(=O)CCl)cc1C. The second-order valence-electron chi connectivity index (χ2n) is 4.39. The number of carbonyl (C=O) groups excluding carboxylic acids is 2. The van der Waals surface area contributed by atoms with Gasteiger partial charge in [-0.05, 0) is 37.1 Å². The zero-order chi connectivity index (χ0) is 13.7. The molecule has 1 N–H and O–H groups in total. The van der Waals surface area contributed by atoms with Crippen molar-refractivity contribution in [3.63, 3.8) is 0 Å². The van der Waals surface area contributed by atoms with E-state index in [2.05, 4.69) is 5.32 Å². The van der Waals surface area contributed by atoms with Crippen LogP contribution < -0.4 is 5.32 Å². The molecule has 1 atom stereocenters. The van der Waals surface area contributed by atoms with Gasteiger partial charge in [0.05, 0.1) is 0 Å². The minimum absolute atomic E-state index is 0.0204. The van der Waals surface area contributed by atoms with Crippen molar-refractivity contribution in [2.24, 2.45) is 5.92 Å². The lowest BCUT2D eigenvalue weighted by Crippen LogP contribution is -2.14. The molecular formula is C14H18ClNO2. The second-order valence-corrected chi connectivity index (χ2v) is 4.65. The fraction of sp³-hybridized carbons (Fsp3) is 0.429. The Balaban J connectivity index is 2.92. The maximum Gasteiger partial charge on any atom is 0.239 e. The molecule has 1 aromatic carbocycles. The first kappa shape index (κ1) is 14.7. The number of benzene rings is 1. The van der Waals surface area contributed by atoms with E-state index in [1.165, 1.54) is 0 Å². The number of halogens is 1. The zero-order valence-electron chi connectivity index (χ0n) is 10.9. The number of alkyl halides is 1. The van der Waals surface area contributed by atoms with Crippen molar-refractivity contribution in [1.29, 1.82) is 0 Å². The van der Waals surface area contributed by atoms with Crippen molar-refractivity contribution in [3.8, 4) is 0 Å². The summed E-state index contributed by atoms with van der Waals surface area (Å²) in [5.41, 5.74) is 2.25. The Labute approximate surface area is 113 Å². The average molecular weight is 268 g/mol.